The molecule has 1 N–H and O–H groups in total. The number of amides is 1. The summed E-state index contributed by atoms with van der Waals surface area (Å²) in [7, 11) is 3.30. The molecule has 3 aromatic rings. The maximum Gasteiger partial charge on any atom is 0.251 e. The van der Waals surface area contributed by atoms with E-state index in [0.717, 1.165) is 54.9 Å². The van der Waals surface area contributed by atoms with E-state index in [1.807, 2.05) is 6.07 Å². The summed E-state index contributed by atoms with van der Waals surface area (Å²) in [6, 6.07) is 11.2. The summed E-state index contributed by atoms with van der Waals surface area (Å²) in [6.45, 7) is 7.32. The summed E-state index contributed by atoms with van der Waals surface area (Å²) in [5, 5.41) is 4.06. The van der Waals surface area contributed by atoms with Crippen LogP contribution < -0.4 is 19.7 Å². The van der Waals surface area contributed by atoms with Crippen molar-refractivity contribution in [1.29, 1.82) is 0 Å². The number of nitrogens with one attached hydrogen (secondary N) is 1. The summed E-state index contributed by atoms with van der Waals surface area (Å²) < 4.78 is 11.8. The lowest BCUT2D eigenvalue weighted by molar-refractivity contribution is 0.0947. The van der Waals surface area contributed by atoms with E-state index in [1.54, 1.807) is 49.8 Å². The van der Waals surface area contributed by atoms with Crippen LogP contribution in [0.4, 0.5) is 5.13 Å². The van der Waals surface area contributed by atoms with Gasteiger partial charge in [0.1, 0.15) is 17.0 Å². The van der Waals surface area contributed by atoms with Crippen LogP contribution in [-0.4, -0.2) is 69.3 Å². The number of rotatable bonds is 7. The number of thiazole rings is 1. The van der Waals surface area contributed by atoms with E-state index < -0.39 is 0 Å². The van der Waals surface area contributed by atoms with Crippen LogP contribution in [0.2, 0.25) is 0 Å². The SMILES string of the molecule is COc1ccc(C(=O)NCCN2CCN(c3nc4c(OC)ccc(C)c4s3)CC2)cc1. The van der Waals surface area contributed by atoms with Gasteiger partial charge >= 0.3 is 0 Å². The van der Waals surface area contributed by atoms with E-state index in [4.69, 9.17) is 14.5 Å². The van der Waals surface area contributed by atoms with Gasteiger partial charge in [0.2, 0.25) is 0 Å². The maximum atomic E-state index is 12.3. The number of aryl methyl sites for hydroxylation is 1. The van der Waals surface area contributed by atoms with Crippen molar-refractivity contribution in [3.8, 4) is 11.5 Å². The van der Waals surface area contributed by atoms with Crippen molar-refractivity contribution in [3.05, 3.63) is 47.5 Å². The van der Waals surface area contributed by atoms with Crippen molar-refractivity contribution in [2.75, 3.05) is 58.4 Å². The van der Waals surface area contributed by atoms with Gasteiger partial charge in [-0.15, -0.1) is 0 Å². The quantitative estimate of drug-likeness (QED) is 0.609. The highest BCUT2D eigenvalue weighted by Crippen LogP contribution is 2.36. The van der Waals surface area contributed by atoms with Gasteiger partial charge in [-0.25, -0.2) is 4.98 Å². The Morgan fingerprint density at radius 1 is 1.06 bits per heavy atom. The molecule has 1 aliphatic heterocycles. The Morgan fingerprint density at radius 2 is 1.81 bits per heavy atom. The van der Waals surface area contributed by atoms with Gasteiger partial charge in [-0.2, -0.15) is 0 Å². The Kier molecular flexibility index (Phi) is 6.58. The van der Waals surface area contributed by atoms with Crippen LogP contribution in [-0.2, 0) is 0 Å². The van der Waals surface area contributed by atoms with Gasteiger partial charge in [-0.05, 0) is 42.8 Å². The molecule has 1 amide bonds. The average Bonchev–Trinajstić information content (AvgIpc) is 3.26. The molecule has 164 valence electrons. The maximum absolute atomic E-state index is 12.3. The summed E-state index contributed by atoms with van der Waals surface area (Å²) in [4.78, 5) is 21.9. The van der Waals surface area contributed by atoms with E-state index in [2.05, 4.69) is 28.1 Å². The second kappa shape index (κ2) is 9.53. The van der Waals surface area contributed by atoms with Gasteiger partial charge in [0.15, 0.2) is 5.13 Å². The first-order valence-corrected chi connectivity index (χ1v) is 11.2. The smallest absolute Gasteiger partial charge is 0.251 e. The number of benzene rings is 2. The largest absolute Gasteiger partial charge is 0.497 e. The topological polar surface area (TPSA) is 66.9 Å². The molecule has 0 radical (unpaired) electrons. The van der Waals surface area contributed by atoms with Crippen molar-refractivity contribution in [2.24, 2.45) is 0 Å². The number of carbonyl (C=O) groups excluding carboxylic acids is 1. The first kappa shape index (κ1) is 21.4. The molecule has 1 fully saturated rings. The Labute approximate surface area is 186 Å². The number of anilines is 1. The summed E-state index contributed by atoms with van der Waals surface area (Å²) in [6.07, 6.45) is 0. The molecule has 31 heavy (non-hydrogen) atoms. The average molecular weight is 441 g/mol. The Morgan fingerprint density at radius 3 is 2.48 bits per heavy atom. The highest BCUT2D eigenvalue weighted by Gasteiger charge is 2.21. The Balaban J connectivity index is 1.27. The van der Waals surface area contributed by atoms with Crippen molar-refractivity contribution in [2.45, 2.75) is 6.92 Å². The summed E-state index contributed by atoms with van der Waals surface area (Å²) in [5.41, 5.74) is 2.82. The van der Waals surface area contributed by atoms with Gasteiger partial charge in [0, 0.05) is 44.8 Å². The molecule has 0 bridgehead atoms. The van der Waals surface area contributed by atoms with Crippen molar-refractivity contribution in [3.63, 3.8) is 0 Å². The van der Waals surface area contributed by atoms with Gasteiger partial charge in [0.25, 0.3) is 5.91 Å². The first-order valence-electron chi connectivity index (χ1n) is 10.4. The van der Waals surface area contributed by atoms with E-state index in [9.17, 15) is 4.79 Å². The van der Waals surface area contributed by atoms with Crippen LogP contribution in [0.25, 0.3) is 10.2 Å². The number of aromatic nitrogens is 1. The second-order valence-corrected chi connectivity index (χ2v) is 8.55. The van der Waals surface area contributed by atoms with Crippen LogP contribution in [0, 0.1) is 6.92 Å². The zero-order valence-electron chi connectivity index (χ0n) is 18.2. The lowest BCUT2D eigenvalue weighted by Crippen LogP contribution is -2.48. The number of methoxy groups -OCH3 is 2. The van der Waals surface area contributed by atoms with Gasteiger partial charge < -0.3 is 19.7 Å². The molecule has 8 heteroatoms. The summed E-state index contributed by atoms with van der Waals surface area (Å²) >= 11 is 1.73. The minimum Gasteiger partial charge on any atom is -0.497 e. The van der Waals surface area contributed by atoms with Gasteiger partial charge in [-0.1, -0.05) is 17.4 Å². The van der Waals surface area contributed by atoms with Gasteiger partial charge in [0.05, 0.1) is 18.9 Å². The number of fused-ring (bicyclic) bond motifs is 1. The minimum atomic E-state index is -0.0555. The normalized spacial score (nSPS) is 14.6. The number of hydrogen-bond acceptors (Lipinski definition) is 7. The van der Waals surface area contributed by atoms with Crippen molar-refractivity contribution < 1.29 is 14.3 Å². The van der Waals surface area contributed by atoms with E-state index >= 15 is 0 Å². The molecule has 7 nitrogen and oxygen atoms in total. The molecule has 2 aromatic carbocycles. The number of nitrogens with zero attached hydrogens (tertiary/aromatic N) is 3. The fraction of sp³-hybridized carbons (Fsp3) is 0.391. The zero-order chi connectivity index (χ0) is 21.8. The zero-order valence-corrected chi connectivity index (χ0v) is 19.0. The molecule has 0 saturated carbocycles. The Bertz CT molecular complexity index is 1040. The molecule has 0 unspecified atom stereocenters. The molecule has 1 saturated heterocycles. The van der Waals surface area contributed by atoms with Crippen LogP contribution in [0.3, 0.4) is 0 Å². The molecular formula is C23H28N4O3S. The molecule has 1 aromatic heterocycles. The Hall–Kier alpha value is -2.84. The highest BCUT2D eigenvalue weighted by atomic mass is 32.1. The first-order chi connectivity index (χ1) is 15.1. The number of piperazine rings is 1. The molecule has 0 aliphatic carbocycles. The van der Waals surface area contributed by atoms with Crippen LogP contribution in [0.1, 0.15) is 15.9 Å². The van der Waals surface area contributed by atoms with Crippen molar-refractivity contribution >= 4 is 32.6 Å². The number of carbonyl (C=O) groups is 1. The number of ether oxygens (including phenoxy) is 2. The number of hydrogen-bond donors (Lipinski definition) is 1. The third-order valence-corrected chi connectivity index (χ3v) is 6.87. The molecule has 0 atom stereocenters. The minimum absolute atomic E-state index is 0.0555. The molecule has 4 rings (SSSR count). The summed E-state index contributed by atoms with van der Waals surface area (Å²) in [5.74, 6) is 1.52. The predicted molar refractivity (Wildman–Crippen MR) is 125 cm³/mol. The van der Waals surface area contributed by atoms with E-state index in [0.29, 0.717) is 12.1 Å². The molecule has 2 heterocycles. The van der Waals surface area contributed by atoms with E-state index in [1.165, 1.54) is 10.3 Å². The standard InChI is InChI=1S/C23H28N4O3S/c1-16-4-9-19(30-3)20-21(16)31-23(25-20)27-14-12-26(13-15-27)11-10-24-22(28)17-5-7-18(29-2)8-6-17/h4-9H,10-15H2,1-3H3,(H,24,28). The monoisotopic (exact) mass is 440 g/mol. The van der Waals surface area contributed by atoms with E-state index in [-0.39, 0.29) is 5.91 Å². The third kappa shape index (κ3) is 4.75. The molecular weight excluding hydrogens is 412 g/mol. The highest BCUT2D eigenvalue weighted by molar-refractivity contribution is 7.22. The lowest BCUT2D eigenvalue weighted by Gasteiger charge is -2.34. The van der Waals surface area contributed by atoms with Crippen LogP contribution >= 0.6 is 11.3 Å². The van der Waals surface area contributed by atoms with Crippen LogP contribution in [0.5, 0.6) is 11.5 Å². The lowest BCUT2D eigenvalue weighted by atomic mass is 10.2. The predicted octanol–water partition coefficient (Wildman–Crippen LogP) is 3.17. The fourth-order valence-electron chi connectivity index (χ4n) is 3.73. The molecule has 0 spiro atoms. The second-order valence-electron chi connectivity index (χ2n) is 7.57. The molecule has 1 aliphatic rings. The van der Waals surface area contributed by atoms with Gasteiger partial charge in [-0.3, -0.25) is 9.69 Å². The van der Waals surface area contributed by atoms with Crippen molar-refractivity contribution in [1.82, 2.24) is 15.2 Å². The third-order valence-electron chi connectivity index (χ3n) is 5.62. The fourth-order valence-corrected chi connectivity index (χ4v) is 4.84. The van der Waals surface area contributed by atoms with Crippen LogP contribution in [0.15, 0.2) is 36.4 Å².